The smallest absolute Gasteiger partial charge is 0.264 e. The van der Waals surface area contributed by atoms with Crippen molar-refractivity contribution in [1.29, 1.82) is 0 Å². The Morgan fingerprint density at radius 2 is 1.60 bits per heavy atom. The number of rotatable bonds is 7. The van der Waals surface area contributed by atoms with Crippen molar-refractivity contribution >= 4 is 21.6 Å². The summed E-state index contributed by atoms with van der Waals surface area (Å²) in [4.78, 5) is 14.8. The molecule has 2 aromatic rings. The Morgan fingerprint density at radius 1 is 0.967 bits per heavy atom. The first kappa shape index (κ1) is 22.0. The van der Waals surface area contributed by atoms with Gasteiger partial charge in [0.2, 0.25) is 5.91 Å². The van der Waals surface area contributed by atoms with E-state index < -0.39 is 10.0 Å². The molecule has 1 aliphatic rings. The number of nitrogens with zero attached hydrogens (tertiary/aromatic N) is 2. The molecule has 0 bridgehead atoms. The Morgan fingerprint density at radius 3 is 2.20 bits per heavy atom. The number of carbonyl (C=O) groups excluding carboxylic acids is 1. The van der Waals surface area contributed by atoms with Crippen LogP contribution < -0.4 is 13.8 Å². The second kappa shape index (κ2) is 9.38. The van der Waals surface area contributed by atoms with Crippen LogP contribution in [0.1, 0.15) is 24.8 Å². The van der Waals surface area contributed by atoms with Gasteiger partial charge in [0, 0.05) is 19.2 Å². The summed E-state index contributed by atoms with van der Waals surface area (Å²) in [5.74, 6) is 0.668. The lowest BCUT2D eigenvalue weighted by Crippen LogP contribution is -2.44. The van der Waals surface area contributed by atoms with Crippen molar-refractivity contribution in [3.8, 4) is 11.5 Å². The minimum absolute atomic E-state index is 0.134. The molecule has 30 heavy (non-hydrogen) atoms. The van der Waals surface area contributed by atoms with Crippen molar-refractivity contribution in [1.82, 2.24) is 4.90 Å². The summed E-state index contributed by atoms with van der Waals surface area (Å²) in [6.07, 6.45) is 2.96. The number of aryl methyl sites for hydroxylation is 1. The topological polar surface area (TPSA) is 76.2 Å². The number of piperidine rings is 1. The van der Waals surface area contributed by atoms with Crippen molar-refractivity contribution in [3.63, 3.8) is 0 Å². The van der Waals surface area contributed by atoms with Gasteiger partial charge in [-0.3, -0.25) is 9.10 Å². The largest absolute Gasteiger partial charge is 0.493 e. The van der Waals surface area contributed by atoms with Crippen LogP contribution in [0.4, 0.5) is 5.69 Å². The number of ether oxygens (including phenoxy) is 2. The minimum atomic E-state index is -3.96. The Labute approximate surface area is 178 Å². The molecule has 0 saturated carbocycles. The van der Waals surface area contributed by atoms with Crippen molar-refractivity contribution in [2.24, 2.45) is 0 Å². The fourth-order valence-electron chi connectivity index (χ4n) is 3.50. The number of benzene rings is 2. The van der Waals surface area contributed by atoms with Crippen LogP contribution in [-0.4, -0.2) is 53.1 Å². The monoisotopic (exact) mass is 432 g/mol. The highest BCUT2D eigenvalue weighted by Crippen LogP contribution is 2.34. The molecule has 1 aliphatic heterocycles. The van der Waals surface area contributed by atoms with Gasteiger partial charge in [-0.15, -0.1) is 0 Å². The molecule has 0 spiro atoms. The Balaban J connectivity index is 2.02. The highest BCUT2D eigenvalue weighted by Gasteiger charge is 2.30. The number of carbonyl (C=O) groups is 1. The summed E-state index contributed by atoms with van der Waals surface area (Å²) in [5.41, 5.74) is 1.30. The summed E-state index contributed by atoms with van der Waals surface area (Å²) in [6, 6.07) is 11.4. The molecule has 162 valence electrons. The van der Waals surface area contributed by atoms with E-state index in [1.807, 2.05) is 6.92 Å². The fourth-order valence-corrected chi connectivity index (χ4v) is 4.90. The molecule has 0 aromatic heterocycles. The molecule has 0 radical (unpaired) electrons. The van der Waals surface area contributed by atoms with Gasteiger partial charge in [0.05, 0.1) is 24.8 Å². The normalized spacial score (nSPS) is 14.3. The molecule has 0 unspecified atom stereocenters. The molecule has 0 aliphatic carbocycles. The molecular weight excluding hydrogens is 404 g/mol. The Hall–Kier alpha value is -2.74. The zero-order valence-electron chi connectivity index (χ0n) is 17.6. The van der Waals surface area contributed by atoms with Crippen LogP contribution >= 0.6 is 0 Å². The lowest BCUT2D eigenvalue weighted by atomic mass is 10.1. The standard InChI is InChI=1S/C22H28N2O5S/c1-17-7-10-19(11-8-17)30(26,27)24(16-22(25)23-13-5-4-6-14-23)18-9-12-20(28-2)21(15-18)29-3/h7-12,15H,4-6,13-14,16H2,1-3H3. The lowest BCUT2D eigenvalue weighted by Gasteiger charge is -2.31. The highest BCUT2D eigenvalue weighted by molar-refractivity contribution is 7.92. The molecule has 1 saturated heterocycles. The van der Waals surface area contributed by atoms with Crippen molar-refractivity contribution in [3.05, 3.63) is 48.0 Å². The van der Waals surface area contributed by atoms with Crippen LogP contribution in [0.15, 0.2) is 47.4 Å². The molecule has 7 nitrogen and oxygen atoms in total. The molecule has 0 atom stereocenters. The summed E-state index contributed by atoms with van der Waals surface area (Å²) < 4.78 is 38.8. The number of hydrogen-bond acceptors (Lipinski definition) is 5. The van der Waals surface area contributed by atoms with Crippen molar-refractivity contribution in [2.45, 2.75) is 31.1 Å². The van der Waals surface area contributed by atoms with Gasteiger partial charge in [-0.2, -0.15) is 0 Å². The van der Waals surface area contributed by atoms with Crippen molar-refractivity contribution in [2.75, 3.05) is 38.2 Å². The van der Waals surface area contributed by atoms with E-state index in [9.17, 15) is 13.2 Å². The number of anilines is 1. The van der Waals surface area contributed by atoms with E-state index in [4.69, 9.17) is 9.47 Å². The van der Waals surface area contributed by atoms with Gasteiger partial charge < -0.3 is 14.4 Å². The highest BCUT2D eigenvalue weighted by atomic mass is 32.2. The van der Waals surface area contributed by atoms with E-state index in [1.54, 1.807) is 47.4 Å². The van der Waals surface area contributed by atoms with Crippen LogP contribution in [0.3, 0.4) is 0 Å². The molecular formula is C22H28N2O5S. The van der Waals surface area contributed by atoms with Crippen LogP contribution in [0.2, 0.25) is 0 Å². The Kier molecular flexibility index (Phi) is 6.87. The minimum Gasteiger partial charge on any atom is -0.493 e. The molecule has 2 aromatic carbocycles. The number of amides is 1. The number of sulfonamides is 1. The van der Waals surface area contributed by atoms with E-state index in [0.29, 0.717) is 30.3 Å². The maximum atomic E-state index is 13.5. The first-order valence-electron chi connectivity index (χ1n) is 9.96. The fraction of sp³-hybridized carbons (Fsp3) is 0.409. The Bertz CT molecular complexity index is 983. The second-order valence-corrected chi connectivity index (χ2v) is 9.17. The first-order valence-corrected chi connectivity index (χ1v) is 11.4. The van der Waals surface area contributed by atoms with Crippen LogP contribution in [0.25, 0.3) is 0 Å². The molecule has 8 heteroatoms. The number of methoxy groups -OCH3 is 2. The summed E-state index contributed by atoms with van der Waals surface area (Å²) >= 11 is 0. The maximum absolute atomic E-state index is 13.5. The van der Waals surface area contributed by atoms with Crippen LogP contribution in [0, 0.1) is 6.92 Å². The third-order valence-electron chi connectivity index (χ3n) is 5.25. The third kappa shape index (κ3) is 4.70. The van der Waals surface area contributed by atoms with Gasteiger partial charge in [0.1, 0.15) is 6.54 Å². The van der Waals surface area contributed by atoms with E-state index in [1.165, 1.54) is 14.2 Å². The van der Waals surface area contributed by atoms with Crippen molar-refractivity contribution < 1.29 is 22.7 Å². The van der Waals surface area contributed by atoms with Gasteiger partial charge in [0.25, 0.3) is 10.0 Å². The summed E-state index contributed by atoms with van der Waals surface area (Å²) in [7, 11) is -0.962. The second-order valence-electron chi connectivity index (χ2n) is 7.31. The number of hydrogen-bond donors (Lipinski definition) is 0. The van der Waals surface area contributed by atoms with Gasteiger partial charge in [-0.1, -0.05) is 17.7 Å². The predicted octanol–water partition coefficient (Wildman–Crippen LogP) is 3.22. The zero-order chi connectivity index (χ0) is 21.7. The van der Waals surface area contributed by atoms with Gasteiger partial charge in [-0.05, 0) is 50.5 Å². The van der Waals surface area contributed by atoms with Gasteiger partial charge >= 0.3 is 0 Å². The average Bonchev–Trinajstić information content (AvgIpc) is 2.77. The van der Waals surface area contributed by atoms with E-state index in [-0.39, 0.29) is 17.3 Å². The zero-order valence-corrected chi connectivity index (χ0v) is 18.4. The number of likely N-dealkylation sites (tertiary alicyclic amines) is 1. The molecule has 3 rings (SSSR count). The van der Waals surface area contributed by atoms with E-state index in [0.717, 1.165) is 29.1 Å². The maximum Gasteiger partial charge on any atom is 0.264 e. The molecule has 0 N–H and O–H groups in total. The van der Waals surface area contributed by atoms with Crippen LogP contribution in [0.5, 0.6) is 11.5 Å². The quantitative estimate of drug-likeness (QED) is 0.672. The average molecular weight is 433 g/mol. The third-order valence-corrected chi connectivity index (χ3v) is 7.04. The molecule has 1 amide bonds. The lowest BCUT2D eigenvalue weighted by molar-refractivity contribution is -0.130. The van der Waals surface area contributed by atoms with E-state index >= 15 is 0 Å². The van der Waals surface area contributed by atoms with Gasteiger partial charge in [-0.25, -0.2) is 8.42 Å². The molecule has 1 heterocycles. The molecule has 1 fully saturated rings. The summed E-state index contributed by atoms with van der Waals surface area (Å²) in [6.45, 7) is 2.93. The summed E-state index contributed by atoms with van der Waals surface area (Å²) in [5, 5.41) is 0. The van der Waals surface area contributed by atoms with Gasteiger partial charge in [0.15, 0.2) is 11.5 Å². The van der Waals surface area contributed by atoms with Crippen LogP contribution in [-0.2, 0) is 14.8 Å². The SMILES string of the molecule is COc1ccc(N(CC(=O)N2CCCCC2)S(=O)(=O)c2ccc(C)cc2)cc1OC. The van der Waals surface area contributed by atoms with E-state index in [2.05, 4.69) is 0 Å². The first-order chi connectivity index (χ1) is 14.4. The predicted molar refractivity (Wildman–Crippen MR) is 116 cm³/mol.